The predicted octanol–water partition coefficient (Wildman–Crippen LogP) is 4.24. The molecule has 0 rings (SSSR count). The van der Waals surface area contributed by atoms with Gasteiger partial charge in [-0.05, 0) is 19.3 Å². The molecule has 0 spiro atoms. The lowest BCUT2D eigenvalue weighted by atomic mass is 10.1. The Bertz CT molecular complexity index is 268. The van der Waals surface area contributed by atoms with Crippen LogP contribution in [0.2, 0.25) is 0 Å². The summed E-state index contributed by atoms with van der Waals surface area (Å²) in [5.74, 6) is 0. The molecule has 0 bridgehead atoms. The van der Waals surface area contributed by atoms with Gasteiger partial charge in [-0.25, -0.2) is 0 Å². The molecule has 0 aliphatic carbocycles. The molecular weight excluding hydrogens is 304 g/mol. The van der Waals surface area contributed by atoms with Crippen molar-refractivity contribution in [2.75, 3.05) is 26.9 Å². The quantitative estimate of drug-likeness (QED) is 0.288. The fourth-order valence-electron chi connectivity index (χ4n) is 2.56. The first-order chi connectivity index (χ1) is 11.7. The van der Waals surface area contributed by atoms with Crippen molar-refractivity contribution in [3.8, 4) is 0 Å². The highest BCUT2D eigenvalue weighted by molar-refractivity contribution is 4.84. The standard InChI is InChI=1S/C20H40O4/c1-3-4-5-6-7-8-9-10-11-12-13-14-15-20(23-2)18-24-17-19(22)16-21/h13-14,19-22H,3-12,15-18H2,1-2H3/b14-13-. The molecule has 0 aromatic heterocycles. The molecule has 2 N–H and O–H groups in total. The van der Waals surface area contributed by atoms with Crippen LogP contribution in [0.15, 0.2) is 12.2 Å². The summed E-state index contributed by atoms with van der Waals surface area (Å²) in [5.41, 5.74) is 0. The highest BCUT2D eigenvalue weighted by Crippen LogP contribution is 2.11. The molecule has 0 aliphatic heterocycles. The Hall–Kier alpha value is -0.420. The maximum Gasteiger partial charge on any atom is 0.100 e. The Morgan fingerprint density at radius 2 is 1.50 bits per heavy atom. The molecule has 24 heavy (non-hydrogen) atoms. The first-order valence-corrected chi connectivity index (χ1v) is 9.79. The van der Waals surface area contributed by atoms with Crippen LogP contribution >= 0.6 is 0 Å². The van der Waals surface area contributed by atoms with E-state index in [1.165, 1.54) is 57.8 Å². The molecule has 2 atom stereocenters. The normalized spacial score (nSPS) is 14.3. The van der Waals surface area contributed by atoms with Gasteiger partial charge in [0.05, 0.1) is 25.9 Å². The van der Waals surface area contributed by atoms with Crippen LogP contribution < -0.4 is 0 Å². The summed E-state index contributed by atoms with van der Waals surface area (Å²) in [6.45, 7) is 2.59. The molecular formula is C20H40O4. The number of aliphatic hydroxyl groups excluding tert-OH is 2. The van der Waals surface area contributed by atoms with E-state index in [1.807, 2.05) is 0 Å². The number of methoxy groups -OCH3 is 1. The molecule has 0 radical (unpaired) electrons. The highest BCUT2D eigenvalue weighted by atomic mass is 16.5. The topological polar surface area (TPSA) is 58.9 Å². The monoisotopic (exact) mass is 344 g/mol. The Labute approximate surface area is 149 Å². The minimum Gasteiger partial charge on any atom is -0.394 e. The Morgan fingerprint density at radius 3 is 2.08 bits per heavy atom. The Kier molecular flexibility index (Phi) is 18.6. The van der Waals surface area contributed by atoms with Crippen LogP contribution in [0.4, 0.5) is 0 Å². The molecule has 0 aliphatic rings. The smallest absolute Gasteiger partial charge is 0.100 e. The number of aliphatic hydroxyl groups is 2. The average molecular weight is 345 g/mol. The van der Waals surface area contributed by atoms with Gasteiger partial charge in [0.15, 0.2) is 0 Å². The Balaban J connectivity index is 3.42. The lowest BCUT2D eigenvalue weighted by Crippen LogP contribution is -2.24. The average Bonchev–Trinajstić information content (AvgIpc) is 2.60. The molecule has 0 saturated heterocycles. The SMILES string of the molecule is CCCCCCCCCCC/C=C\CC(COCC(O)CO)OC. The first-order valence-electron chi connectivity index (χ1n) is 9.79. The van der Waals surface area contributed by atoms with Gasteiger partial charge >= 0.3 is 0 Å². The zero-order chi connectivity index (χ0) is 17.9. The minimum absolute atomic E-state index is 0.00950. The van der Waals surface area contributed by atoms with E-state index in [-0.39, 0.29) is 19.3 Å². The zero-order valence-corrected chi connectivity index (χ0v) is 15.9. The van der Waals surface area contributed by atoms with E-state index in [4.69, 9.17) is 14.6 Å². The van der Waals surface area contributed by atoms with Crippen LogP contribution in [0.3, 0.4) is 0 Å². The second kappa shape index (κ2) is 18.9. The van der Waals surface area contributed by atoms with Gasteiger partial charge in [0.25, 0.3) is 0 Å². The van der Waals surface area contributed by atoms with Gasteiger partial charge in [-0.1, -0.05) is 70.4 Å². The van der Waals surface area contributed by atoms with Gasteiger partial charge in [-0.15, -0.1) is 0 Å². The lowest BCUT2D eigenvalue weighted by Gasteiger charge is -2.15. The molecule has 4 heteroatoms. The van der Waals surface area contributed by atoms with Crippen LogP contribution in [0.1, 0.15) is 77.6 Å². The fraction of sp³-hybridized carbons (Fsp3) is 0.900. The summed E-state index contributed by atoms with van der Waals surface area (Å²) in [6.07, 6.45) is 17.8. The molecule has 0 aromatic rings. The van der Waals surface area contributed by atoms with Crippen molar-refractivity contribution in [3.05, 3.63) is 12.2 Å². The van der Waals surface area contributed by atoms with Gasteiger partial charge in [-0.3, -0.25) is 0 Å². The second-order valence-electron chi connectivity index (χ2n) is 6.56. The van der Waals surface area contributed by atoms with Crippen LogP contribution in [0, 0.1) is 0 Å². The van der Waals surface area contributed by atoms with Crippen molar-refractivity contribution in [2.24, 2.45) is 0 Å². The van der Waals surface area contributed by atoms with E-state index in [0.29, 0.717) is 6.61 Å². The summed E-state index contributed by atoms with van der Waals surface area (Å²) >= 11 is 0. The number of unbranched alkanes of at least 4 members (excludes halogenated alkanes) is 9. The summed E-state index contributed by atoms with van der Waals surface area (Å²) in [7, 11) is 1.67. The van der Waals surface area contributed by atoms with Crippen LogP contribution in [0.5, 0.6) is 0 Å². The third-order valence-electron chi connectivity index (χ3n) is 4.20. The molecule has 4 nitrogen and oxygen atoms in total. The molecule has 0 heterocycles. The van der Waals surface area contributed by atoms with E-state index in [2.05, 4.69) is 19.1 Å². The van der Waals surface area contributed by atoms with Gasteiger partial charge < -0.3 is 19.7 Å². The number of allylic oxidation sites excluding steroid dienone is 1. The summed E-state index contributed by atoms with van der Waals surface area (Å²) in [5, 5.41) is 17.9. The zero-order valence-electron chi connectivity index (χ0n) is 15.9. The third kappa shape index (κ3) is 16.4. The van der Waals surface area contributed by atoms with Gasteiger partial charge in [0, 0.05) is 7.11 Å². The summed E-state index contributed by atoms with van der Waals surface area (Å²) in [6, 6.07) is 0. The van der Waals surface area contributed by atoms with Crippen molar-refractivity contribution in [3.63, 3.8) is 0 Å². The number of rotatable bonds is 18. The van der Waals surface area contributed by atoms with Crippen molar-refractivity contribution in [2.45, 2.75) is 89.8 Å². The minimum atomic E-state index is -0.801. The molecule has 144 valence electrons. The molecule has 0 amide bonds. The van der Waals surface area contributed by atoms with Crippen LogP contribution in [-0.2, 0) is 9.47 Å². The largest absolute Gasteiger partial charge is 0.394 e. The second-order valence-corrected chi connectivity index (χ2v) is 6.56. The fourth-order valence-corrected chi connectivity index (χ4v) is 2.56. The highest BCUT2D eigenvalue weighted by Gasteiger charge is 2.07. The Morgan fingerprint density at radius 1 is 0.875 bits per heavy atom. The molecule has 2 unspecified atom stereocenters. The summed E-state index contributed by atoms with van der Waals surface area (Å²) in [4.78, 5) is 0. The van der Waals surface area contributed by atoms with Crippen LogP contribution in [0.25, 0.3) is 0 Å². The maximum absolute atomic E-state index is 9.20. The molecule has 0 fully saturated rings. The number of hydrogen-bond acceptors (Lipinski definition) is 4. The van der Waals surface area contributed by atoms with E-state index < -0.39 is 6.10 Å². The van der Waals surface area contributed by atoms with Gasteiger partial charge in [-0.2, -0.15) is 0 Å². The maximum atomic E-state index is 9.20. The van der Waals surface area contributed by atoms with Crippen molar-refractivity contribution in [1.29, 1.82) is 0 Å². The first kappa shape index (κ1) is 23.6. The summed E-state index contributed by atoms with van der Waals surface area (Å²) < 4.78 is 10.7. The van der Waals surface area contributed by atoms with Crippen molar-refractivity contribution < 1.29 is 19.7 Å². The van der Waals surface area contributed by atoms with E-state index in [1.54, 1.807) is 7.11 Å². The lowest BCUT2D eigenvalue weighted by molar-refractivity contribution is -0.0345. The number of ether oxygens (including phenoxy) is 2. The van der Waals surface area contributed by atoms with Crippen molar-refractivity contribution in [1.82, 2.24) is 0 Å². The van der Waals surface area contributed by atoms with E-state index >= 15 is 0 Å². The molecule has 0 saturated carbocycles. The van der Waals surface area contributed by atoms with Crippen molar-refractivity contribution >= 4 is 0 Å². The van der Waals surface area contributed by atoms with E-state index in [9.17, 15) is 5.11 Å². The number of hydrogen-bond donors (Lipinski definition) is 2. The predicted molar refractivity (Wildman–Crippen MR) is 100 cm³/mol. The van der Waals surface area contributed by atoms with Gasteiger partial charge in [0.1, 0.15) is 6.10 Å². The van der Waals surface area contributed by atoms with Gasteiger partial charge in [0.2, 0.25) is 0 Å². The van der Waals surface area contributed by atoms with E-state index in [0.717, 1.165) is 12.8 Å². The van der Waals surface area contributed by atoms with Crippen LogP contribution in [-0.4, -0.2) is 49.4 Å². The molecule has 0 aromatic carbocycles. The third-order valence-corrected chi connectivity index (χ3v) is 4.20.